The monoisotopic (exact) mass is 363 g/mol. The molecule has 0 amide bonds. The van der Waals surface area contributed by atoms with E-state index in [0.29, 0.717) is 24.4 Å². The van der Waals surface area contributed by atoms with Crippen LogP contribution in [0.4, 0.5) is 0 Å². The molecule has 0 aliphatic carbocycles. The highest BCUT2D eigenvalue weighted by Gasteiger charge is 2.16. The molecule has 138 valence electrons. The Bertz CT molecular complexity index is 1140. The Morgan fingerprint density at radius 1 is 1.19 bits per heavy atom. The minimum absolute atomic E-state index is 0.203. The Morgan fingerprint density at radius 2 is 2.04 bits per heavy atom. The molecule has 4 aromatic rings. The summed E-state index contributed by atoms with van der Waals surface area (Å²) < 4.78 is 8.76. The minimum Gasteiger partial charge on any atom is -0.408 e. The van der Waals surface area contributed by atoms with Crippen molar-refractivity contribution in [2.24, 2.45) is 0 Å². The summed E-state index contributed by atoms with van der Waals surface area (Å²) in [5, 5.41) is 4.61. The second kappa shape index (κ2) is 6.83. The first-order chi connectivity index (χ1) is 13.0. The van der Waals surface area contributed by atoms with E-state index >= 15 is 0 Å². The van der Waals surface area contributed by atoms with Crippen molar-refractivity contribution in [2.75, 3.05) is 0 Å². The van der Waals surface area contributed by atoms with Gasteiger partial charge in [0.15, 0.2) is 17.2 Å². The fraction of sp³-hybridized carbons (Fsp3) is 0.300. The van der Waals surface area contributed by atoms with E-state index in [4.69, 9.17) is 4.42 Å². The molecule has 0 atom stereocenters. The number of aromatic nitrogens is 5. The molecule has 0 bridgehead atoms. The Balaban J connectivity index is 1.70. The zero-order valence-electron chi connectivity index (χ0n) is 15.6. The van der Waals surface area contributed by atoms with Crippen LogP contribution in [0, 0.1) is 6.92 Å². The SMILES string of the molecule is Cc1ccc2oc(=O)n(CCc3nc(C(C)C)nn3-c3ccccn3)c2c1. The van der Waals surface area contributed by atoms with E-state index in [9.17, 15) is 4.79 Å². The van der Waals surface area contributed by atoms with Crippen molar-refractivity contribution < 1.29 is 4.42 Å². The van der Waals surface area contributed by atoms with Crippen LogP contribution in [0.1, 0.15) is 37.0 Å². The number of pyridine rings is 1. The first-order valence-corrected chi connectivity index (χ1v) is 9.00. The van der Waals surface area contributed by atoms with Crippen LogP contribution >= 0.6 is 0 Å². The topological polar surface area (TPSA) is 78.7 Å². The number of nitrogens with zero attached hydrogens (tertiary/aromatic N) is 5. The van der Waals surface area contributed by atoms with Crippen molar-refractivity contribution in [1.29, 1.82) is 0 Å². The van der Waals surface area contributed by atoms with Crippen LogP contribution in [0.25, 0.3) is 16.9 Å². The fourth-order valence-corrected chi connectivity index (χ4v) is 3.03. The van der Waals surface area contributed by atoms with Crippen LogP contribution in [0.5, 0.6) is 0 Å². The zero-order chi connectivity index (χ0) is 19.0. The lowest BCUT2D eigenvalue weighted by Gasteiger charge is -2.05. The van der Waals surface area contributed by atoms with E-state index in [-0.39, 0.29) is 11.7 Å². The Kier molecular flexibility index (Phi) is 4.35. The largest absolute Gasteiger partial charge is 0.419 e. The zero-order valence-corrected chi connectivity index (χ0v) is 15.6. The fourth-order valence-electron chi connectivity index (χ4n) is 3.03. The molecule has 0 aliphatic heterocycles. The Morgan fingerprint density at radius 3 is 2.78 bits per heavy atom. The molecule has 3 heterocycles. The number of rotatable bonds is 5. The highest BCUT2D eigenvalue weighted by Crippen LogP contribution is 2.17. The number of aryl methyl sites for hydroxylation is 3. The molecule has 7 nitrogen and oxygen atoms in total. The molecule has 27 heavy (non-hydrogen) atoms. The molecule has 0 unspecified atom stereocenters. The molecule has 0 spiro atoms. The van der Waals surface area contributed by atoms with E-state index < -0.39 is 0 Å². The second-order valence-corrected chi connectivity index (χ2v) is 6.88. The minimum atomic E-state index is -0.358. The van der Waals surface area contributed by atoms with Gasteiger partial charge in [-0.2, -0.15) is 4.68 Å². The van der Waals surface area contributed by atoms with Gasteiger partial charge in [-0.25, -0.2) is 14.8 Å². The molecule has 0 fully saturated rings. The molecule has 7 heteroatoms. The lowest BCUT2D eigenvalue weighted by Crippen LogP contribution is -2.17. The van der Waals surface area contributed by atoms with Crippen molar-refractivity contribution in [3.8, 4) is 5.82 Å². The summed E-state index contributed by atoms with van der Waals surface area (Å²) >= 11 is 0. The van der Waals surface area contributed by atoms with E-state index in [0.717, 1.165) is 22.7 Å². The van der Waals surface area contributed by atoms with Gasteiger partial charge in [-0.15, -0.1) is 5.10 Å². The molecule has 0 N–H and O–H groups in total. The van der Waals surface area contributed by atoms with Crippen molar-refractivity contribution >= 4 is 11.1 Å². The Hall–Kier alpha value is -3.22. The molecule has 1 aromatic carbocycles. The van der Waals surface area contributed by atoms with Crippen LogP contribution in [-0.4, -0.2) is 24.3 Å². The Labute approximate surface area is 156 Å². The molecular weight excluding hydrogens is 342 g/mol. The van der Waals surface area contributed by atoms with Gasteiger partial charge in [0.1, 0.15) is 5.82 Å². The molecule has 0 saturated heterocycles. The third-order valence-corrected chi connectivity index (χ3v) is 4.46. The van der Waals surface area contributed by atoms with Gasteiger partial charge in [0.25, 0.3) is 0 Å². The summed E-state index contributed by atoms with van der Waals surface area (Å²) in [6, 6.07) is 11.4. The van der Waals surface area contributed by atoms with E-state index in [2.05, 4.69) is 28.9 Å². The lowest BCUT2D eigenvalue weighted by molar-refractivity contribution is 0.501. The summed E-state index contributed by atoms with van der Waals surface area (Å²) in [7, 11) is 0. The van der Waals surface area contributed by atoms with Gasteiger partial charge < -0.3 is 4.42 Å². The second-order valence-electron chi connectivity index (χ2n) is 6.88. The molecular formula is C20H21N5O2. The van der Waals surface area contributed by atoms with Crippen molar-refractivity contribution in [3.05, 3.63) is 70.4 Å². The first-order valence-electron chi connectivity index (χ1n) is 9.00. The summed E-state index contributed by atoms with van der Waals surface area (Å²) in [5.74, 6) is 2.09. The average molecular weight is 363 g/mol. The first kappa shape index (κ1) is 17.2. The lowest BCUT2D eigenvalue weighted by atomic mass is 10.2. The van der Waals surface area contributed by atoms with Gasteiger partial charge in [0.2, 0.25) is 0 Å². The van der Waals surface area contributed by atoms with Crippen molar-refractivity contribution in [2.45, 2.75) is 39.7 Å². The van der Waals surface area contributed by atoms with Crippen LogP contribution in [0.15, 0.2) is 51.8 Å². The number of oxazole rings is 1. The quantitative estimate of drug-likeness (QED) is 0.544. The van der Waals surface area contributed by atoms with Gasteiger partial charge in [-0.05, 0) is 36.8 Å². The standard InChI is InChI=1S/C20H21N5O2/c1-13(2)19-22-18(25(23-19)17-6-4-5-10-21-17)9-11-24-15-12-14(3)7-8-16(15)27-20(24)26/h4-8,10,12-13H,9,11H2,1-3H3. The number of benzene rings is 1. The predicted molar refractivity (Wildman–Crippen MR) is 102 cm³/mol. The van der Waals surface area contributed by atoms with Gasteiger partial charge in [-0.3, -0.25) is 4.57 Å². The third-order valence-electron chi connectivity index (χ3n) is 4.46. The molecule has 3 aromatic heterocycles. The van der Waals surface area contributed by atoms with Crippen molar-refractivity contribution in [3.63, 3.8) is 0 Å². The van der Waals surface area contributed by atoms with Crippen LogP contribution in [0.2, 0.25) is 0 Å². The summed E-state index contributed by atoms with van der Waals surface area (Å²) in [4.78, 5) is 21.3. The van der Waals surface area contributed by atoms with Crippen LogP contribution in [0.3, 0.4) is 0 Å². The predicted octanol–water partition coefficient (Wildman–Crippen LogP) is 3.24. The summed E-state index contributed by atoms with van der Waals surface area (Å²) in [6.07, 6.45) is 2.27. The number of hydrogen-bond acceptors (Lipinski definition) is 5. The molecule has 0 saturated carbocycles. The van der Waals surface area contributed by atoms with Gasteiger partial charge in [0.05, 0.1) is 5.52 Å². The van der Waals surface area contributed by atoms with E-state index in [1.54, 1.807) is 15.4 Å². The summed E-state index contributed by atoms with van der Waals surface area (Å²) in [6.45, 7) is 6.56. The van der Waals surface area contributed by atoms with Gasteiger partial charge >= 0.3 is 5.76 Å². The highest BCUT2D eigenvalue weighted by atomic mass is 16.4. The van der Waals surface area contributed by atoms with E-state index in [1.165, 1.54) is 0 Å². The smallest absolute Gasteiger partial charge is 0.408 e. The van der Waals surface area contributed by atoms with Crippen LogP contribution < -0.4 is 5.76 Å². The third kappa shape index (κ3) is 3.28. The van der Waals surface area contributed by atoms with Crippen LogP contribution in [-0.2, 0) is 13.0 Å². The number of fused-ring (bicyclic) bond motifs is 1. The maximum atomic E-state index is 12.3. The van der Waals surface area contributed by atoms with Gasteiger partial charge in [-0.1, -0.05) is 26.0 Å². The highest BCUT2D eigenvalue weighted by molar-refractivity contribution is 5.73. The average Bonchev–Trinajstić information content (AvgIpc) is 3.21. The van der Waals surface area contributed by atoms with Gasteiger partial charge in [0, 0.05) is 25.1 Å². The maximum absolute atomic E-state index is 12.3. The number of hydrogen-bond donors (Lipinski definition) is 0. The molecule has 4 rings (SSSR count). The normalized spacial score (nSPS) is 11.6. The van der Waals surface area contributed by atoms with E-state index in [1.807, 2.05) is 43.3 Å². The summed E-state index contributed by atoms with van der Waals surface area (Å²) in [5.41, 5.74) is 2.48. The molecule has 0 radical (unpaired) electrons. The molecule has 0 aliphatic rings. The maximum Gasteiger partial charge on any atom is 0.419 e. The van der Waals surface area contributed by atoms with Crippen molar-refractivity contribution in [1.82, 2.24) is 24.3 Å².